The van der Waals surface area contributed by atoms with E-state index >= 15 is 0 Å². The van der Waals surface area contributed by atoms with E-state index in [1.165, 1.54) is 57.7 Å². The summed E-state index contributed by atoms with van der Waals surface area (Å²) < 4.78 is 51.8. The first-order chi connectivity index (χ1) is 15.9. The number of ether oxygens (including phenoxy) is 4. The molecule has 0 atom stereocenters. The Morgan fingerprint density at radius 3 is 2.12 bits per heavy atom. The third-order valence-electron chi connectivity index (χ3n) is 4.86. The van der Waals surface area contributed by atoms with E-state index in [4.69, 9.17) is 23.1 Å². The smallest absolute Gasteiger partial charge is 0.339 e. The maximum absolute atomic E-state index is 12.8. The fraction of sp³-hybridized carbons (Fsp3) is 0.125. The van der Waals surface area contributed by atoms with Crippen LogP contribution in [0, 0.1) is 0 Å². The normalized spacial score (nSPS) is 13.9. The topological polar surface area (TPSA) is 97.4 Å². The highest BCUT2D eigenvalue weighted by atomic mass is 32.2. The number of benzene rings is 3. The predicted molar refractivity (Wildman–Crippen MR) is 120 cm³/mol. The van der Waals surface area contributed by atoms with E-state index in [-0.39, 0.29) is 33.5 Å². The second kappa shape index (κ2) is 8.87. The number of rotatable bonds is 7. The van der Waals surface area contributed by atoms with Gasteiger partial charge in [0.1, 0.15) is 16.4 Å². The van der Waals surface area contributed by atoms with Gasteiger partial charge in [-0.2, -0.15) is 8.42 Å². The molecule has 170 valence electrons. The Bertz CT molecular complexity index is 1320. The first-order valence-corrected chi connectivity index (χ1v) is 11.1. The van der Waals surface area contributed by atoms with E-state index in [1.54, 1.807) is 30.3 Å². The van der Waals surface area contributed by atoms with Crippen LogP contribution in [0.25, 0.3) is 6.08 Å². The number of methoxy groups -OCH3 is 3. The van der Waals surface area contributed by atoms with Gasteiger partial charge < -0.3 is 23.1 Å². The van der Waals surface area contributed by atoms with Gasteiger partial charge in [-0.25, -0.2) is 0 Å². The van der Waals surface area contributed by atoms with Crippen LogP contribution in [-0.4, -0.2) is 35.5 Å². The zero-order valence-electron chi connectivity index (χ0n) is 18.0. The third kappa shape index (κ3) is 4.35. The van der Waals surface area contributed by atoms with Crippen molar-refractivity contribution in [1.82, 2.24) is 0 Å². The maximum Gasteiger partial charge on any atom is 0.339 e. The van der Waals surface area contributed by atoms with Crippen LogP contribution < -0.4 is 23.1 Å². The number of Topliss-reactive ketones (excluding diaryl/α,β-unsaturated/α-hetero) is 1. The fourth-order valence-electron chi connectivity index (χ4n) is 3.32. The molecule has 3 aromatic carbocycles. The standard InChI is InChI=1S/C24H20O8S/c1-28-21-12-15(13-22(29-2)24(21)30-3)11-20-23(25)18-10-9-16(14-19(18)31-20)32-33(26,27)17-7-5-4-6-8-17/h4-14H,1-3H3. The van der Waals surface area contributed by atoms with E-state index in [9.17, 15) is 13.2 Å². The Morgan fingerprint density at radius 1 is 0.848 bits per heavy atom. The number of hydrogen-bond donors (Lipinski definition) is 0. The van der Waals surface area contributed by atoms with Crippen molar-refractivity contribution in [3.63, 3.8) is 0 Å². The quantitative estimate of drug-likeness (QED) is 0.378. The highest BCUT2D eigenvalue weighted by Crippen LogP contribution is 2.40. The summed E-state index contributed by atoms with van der Waals surface area (Å²) in [5, 5.41) is 0. The SMILES string of the molecule is COc1cc(C=C2Oc3cc(OS(=O)(=O)c4ccccc4)ccc3C2=O)cc(OC)c1OC. The molecule has 1 heterocycles. The molecule has 1 aliphatic heterocycles. The van der Waals surface area contributed by atoms with Crippen LogP contribution in [0.15, 0.2) is 71.3 Å². The van der Waals surface area contributed by atoms with Crippen LogP contribution in [0.3, 0.4) is 0 Å². The molecule has 3 aromatic rings. The molecule has 9 heteroatoms. The van der Waals surface area contributed by atoms with E-state index in [0.717, 1.165) is 0 Å². The fourth-order valence-corrected chi connectivity index (χ4v) is 4.26. The van der Waals surface area contributed by atoms with Crippen molar-refractivity contribution in [2.24, 2.45) is 0 Å². The minimum Gasteiger partial charge on any atom is -0.493 e. The molecule has 0 bridgehead atoms. The van der Waals surface area contributed by atoms with E-state index in [1.807, 2.05) is 0 Å². The summed E-state index contributed by atoms with van der Waals surface area (Å²) in [4.78, 5) is 12.8. The number of hydrogen-bond acceptors (Lipinski definition) is 8. The van der Waals surface area contributed by atoms with Crippen LogP contribution in [0.2, 0.25) is 0 Å². The molecule has 0 saturated heterocycles. The lowest BCUT2D eigenvalue weighted by Crippen LogP contribution is -2.09. The van der Waals surface area contributed by atoms with Crippen LogP contribution in [-0.2, 0) is 10.1 Å². The van der Waals surface area contributed by atoms with Gasteiger partial charge in [0.05, 0.1) is 26.9 Å². The number of ketones is 1. The second-order valence-corrected chi connectivity index (χ2v) is 8.45. The van der Waals surface area contributed by atoms with Crippen molar-refractivity contribution in [3.05, 3.63) is 77.5 Å². The van der Waals surface area contributed by atoms with Crippen molar-refractivity contribution in [2.75, 3.05) is 21.3 Å². The Kier molecular flexibility index (Phi) is 5.97. The van der Waals surface area contributed by atoms with Crippen molar-refractivity contribution < 1.29 is 36.3 Å². The molecule has 8 nitrogen and oxygen atoms in total. The van der Waals surface area contributed by atoms with Gasteiger partial charge >= 0.3 is 10.1 Å². The summed E-state index contributed by atoms with van der Waals surface area (Å²) in [6.07, 6.45) is 1.54. The van der Waals surface area contributed by atoms with Crippen LogP contribution in [0.5, 0.6) is 28.7 Å². The van der Waals surface area contributed by atoms with E-state index in [2.05, 4.69) is 0 Å². The lowest BCUT2D eigenvalue weighted by molar-refractivity contribution is 0.101. The lowest BCUT2D eigenvalue weighted by Gasteiger charge is -2.13. The average Bonchev–Trinajstić information content (AvgIpc) is 3.12. The van der Waals surface area contributed by atoms with Gasteiger partial charge in [-0.15, -0.1) is 0 Å². The average molecular weight is 468 g/mol. The van der Waals surface area contributed by atoms with Gasteiger partial charge in [0, 0.05) is 6.07 Å². The number of fused-ring (bicyclic) bond motifs is 1. The molecule has 4 rings (SSSR count). The maximum atomic E-state index is 12.8. The molecule has 0 spiro atoms. The molecular formula is C24H20O8S. The molecule has 0 aromatic heterocycles. The molecule has 0 aliphatic carbocycles. The highest BCUT2D eigenvalue weighted by Gasteiger charge is 2.29. The summed E-state index contributed by atoms with van der Waals surface area (Å²) in [6, 6.07) is 15.3. The van der Waals surface area contributed by atoms with Crippen molar-refractivity contribution >= 4 is 22.0 Å². The number of carbonyl (C=O) groups excluding carboxylic acids is 1. The Morgan fingerprint density at radius 2 is 1.52 bits per heavy atom. The largest absolute Gasteiger partial charge is 0.493 e. The van der Waals surface area contributed by atoms with E-state index < -0.39 is 10.1 Å². The molecule has 0 amide bonds. The third-order valence-corrected chi connectivity index (χ3v) is 6.13. The highest BCUT2D eigenvalue weighted by molar-refractivity contribution is 7.87. The van der Waals surface area contributed by atoms with Crippen molar-refractivity contribution in [3.8, 4) is 28.7 Å². The van der Waals surface area contributed by atoms with Gasteiger partial charge in [-0.05, 0) is 48.0 Å². The minimum absolute atomic E-state index is 0.0190. The Labute approximate surface area is 191 Å². The molecule has 0 saturated carbocycles. The summed E-state index contributed by atoms with van der Waals surface area (Å²) in [5.74, 6) is 1.20. The molecule has 0 N–H and O–H groups in total. The molecule has 0 unspecified atom stereocenters. The van der Waals surface area contributed by atoms with Gasteiger partial charge in [0.15, 0.2) is 17.3 Å². The van der Waals surface area contributed by atoms with Gasteiger partial charge in [0.25, 0.3) is 0 Å². The summed E-state index contributed by atoms with van der Waals surface area (Å²) >= 11 is 0. The molecule has 1 aliphatic rings. The number of allylic oxidation sites excluding steroid dienone is 1. The van der Waals surface area contributed by atoms with Crippen LogP contribution in [0.4, 0.5) is 0 Å². The first-order valence-electron chi connectivity index (χ1n) is 9.74. The van der Waals surface area contributed by atoms with Crippen LogP contribution in [0.1, 0.15) is 15.9 Å². The van der Waals surface area contributed by atoms with Gasteiger partial charge in [0.2, 0.25) is 11.5 Å². The summed E-state index contributed by atoms with van der Waals surface area (Å²) in [7, 11) is 0.458. The molecule has 0 radical (unpaired) electrons. The Balaban J connectivity index is 1.63. The second-order valence-electron chi connectivity index (χ2n) is 6.91. The van der Waals surface area contributed by atoms with Crippen LogP contribution >= 0.6 is 0 Å². The minimum atomic E-state index is -4.02. The molecular weight excluding hydrogens is 448 g/mol. The zero-order valence-corrected chi connectivity index (χ0v) is 18.8. The molecule has 0 fully saturated rings. The predicted octanol–water partition coefficient (Wildman–Crippen LogP) is 4.10. The first kappa shape index (κ1) is 22.2. The van der Waals surface area contributed by atoms with Gasteiger partial charge in [-0.3, -0.25) is 4.79 Å². The number of carbonyl (C=O) groups is 1. The zero-order chi connectivity index (χ0) is 23.6. The summed E-state index contributed by atoms with van der Waals surface area (Å²) in [6.45, 7) is 0. The van der Waals surface area contributed by atoms with E-state index in [0.29, 0.717) is 22.8 Å². The molecule has 33 heavy (non-hydrogen) atoms. The van der Waals surface area contributed by atoms with Crippen molar-refractivity contribution in [1.29, 1.82) is 0 Å². The monoisotopic (exact) mass is 468 g/mol. The van der Waals surface area contributed by atoms with Crippen molar-refractivity contribution in [2.45, 2.75) is 4.90 Å². The van der Waals surface area contributed by atoms with Gasteiger partial charge in [-0.1, -0.05) is 18.2 Å². The lowest BCUT2D eigenvalue weighted by atomic mass is 10.1. The summed E-state index contributed by atoms with van der Waals surface area (Å²) in [5.41, 5.74) is 0.877. The Hall–Kier alpha value is -3.98.